The molecule has 0 aromatic heterocycles. The van der Waals surface area contributed by atoms with Gasteiger partial charge in [0.2, 0.25) is 11.8 Å². The van der Waals surface area contributed by atoms with Crippen LogP contribution in [0.2, 0.25) is 0 Å². The molecule has 1 fully saturated rings. The number of aryl methyl sites for hydroxylation is 2. The van der Waals surface area contributed by atoms with E-state index in [2.05, 4.69) is 18.2 Å². The summed E-state index contributed by atoms with van der Waals surface area (Å²) in [6.45, 7) is 8.57. The summed E-state index contributed by atoms with van der Waals surface area (Å²) in [5.41, 5.74) is 3.45. The number of benzene rings is 1. The highest BCUT2D eigenvalue weighted by atomic mass is 16.2. The molecule has 0 unspecified atom stereocenters. The lowest BCUT2D eigenvalue weighted by atomic mass is 10.0. The lowest BCUT2D eigenvalue weighted by Gasteiger charge is -2.34. The molecule has 0 spiro atoms. The van der Waals surface area contributed by atoms with E-state index >= 15 is 0 Å². The van der Waals surface area contributed by atoms with Crippen LogP contribution in [0.15, 0.2) is 18.2 Å². The molecule has 21 heavy (non-hydrogen) atoms. The molecule has 1 aliphatic rings. The summed E-state index contributed by atoms with van der Waals surface area (Å²) in [6, 6.07) is 6.22. The molecule has 0 N–H and O–H groups in total. The fourth-order valence-corrected chi connectivity index (χ4v) is 2.69. The Morgan fingerprint density at radius 2 is 1.57 bits per heavy atom. The molecular formula is C17H24N2O2. The predicted octanol–water partition coefficient (Wildman–Crippen LogP) is 1.93. The van der Waals surface area contributed by atoms with Crippen LogP contribution in [0.4, 0.5) is 0 Å². The van der Waals surface area contributed by atoms with Crippen molar-refractivity contribution in [3.63, 3.8) is 0 Å². The van der Waals surface area contributed by atoms with Gasteiger partial charge in [-0.1, -0.05) is 30.7 Å². The van der Waals surface area contributed by atoms with Crippen molar-refractivity contribution in [1.82, 2.24) is 9.80 Å². The van der Waals surface area contributed by atoms with E-state index in [4.69, 9.17) is 0 Å². The van der Waals surface area contributed by atoms with Crippen LogP contribution in [0.1, 0.15) is 30.0 Å². The third-order valence-electron chi connectivity index (χ3n) is 4.13. The van der Waals surface area contributed by atoms with Crippen molar-refractivity contribution in [2.45, 2.75) is 33.6 Å². The van der Waals surface area contributed by atoms with Crippen molar-refractivity contribution >= 4 is 11.8 Å². The van der Waals surface area contributed by atoms with E-state index < -0.39 is 0 Å². The first-order valence-electron chi connectivity index (χ1n) is 7.63. The monoisotopic (exact) mass is 288 g/mol. The van der Waals surface area contributed by atoms with Crippen molar-refractivity contribution < 1.29 is 9.59 Å². The molecule has 4 heteroatoms. The van der Waals surface area contributed by atoms with Crippen molar-refractivity contribution in [2.24, 2.45) is 0 Å². The van der Waals surface area contributed by atoms with E-state index in [1.165, 1.54) is 5.56 Å². The largest absolute Gasteiger partial charge is 0.339 e. The summed E-state index contributed by atoms with van der Waals surface area (Å²) in [5.74, 6) is 0.337. The van der Waals surface area contributed by atoms with Crippen molar-refractivity contribution in [1.29, 1.82) is 0 Å². The van der Waals surface area contributed by atoms with Gasteiger partial charge in [0.25, 0.3) is 0 Å². The van der Waals surface area contributed by atoms with E-state index in [9.17, 15) is 9.59 Å². The molecule has 1 aromatic carbocycles. The van der Waals surface area contributed by atoms with Gasteiger partial charge in [-0.25, -0.2) is 0 Å². The Morgan fingerprint density at radius 3 is 2.14 bits per heavy atom. The van der Waals surface area contributed by atoms with Gasteiger partial charge >= 0.3 is 0 Å². The number of hydrogen-bond donors (Lipinski definition) is 0. The fourth-order valence-electron chi connectivity index (χ4n) is 2.69. The Bertz CT molecular complexity index is 532. The SMILES string of the molecule is CCC(=O)N1CCN(C(=O)Cc2cc(C)ccc2C)CC1. The highest BCUT2D eigenvalue weighted by molar-refractivity contribution is 5.80. The van der Waals surface area contributed by atoms with Gasteiger partial charge in [0.05, 0.1) is 6.42 Å². The molecule has 0 bridgehead atoms. The fraction of sp³-hybridized carbons (Fsp3) is 0.529. The zero-order valence-electron chi connectivity index (χ0n) is 13.2. The molecule has 2 rings (SSSR count). The molecule has 4 nitrogen and oxygen atoms in total. The van der Waals surface area contributed by atoms with Crippen LogP contribution in [-0.4, -0.2) is 47.8 Å². The Balaban J connectivity index is 1.93. The molecule has 1 heterocycles. The number of rotatable bonds is 3. The third kappa shape index (κ3) is 3.84. The zero-order chi connectivity index (χ0) is 15.4. The maximum Gasteiger partial charge on any atom is 0.227 e. The number of carbonyl (C=O) groups excluding carboxylic acids is 2. The lowest BCUT2D eigenvalue weighted by molar-refractivity contribution is -0.139. The van der Waals surface area contributed by atoms with E-state index in [-0.39, 0.29) is 11.8 Å². The summed E-state index contributed by atoms with van der Waals surface area (Å²) in [7, 11) is 0. The molecule has 0 radical (unpaired) electrons. The van der Waals surface area contributed by atoms with Crippen LogP contribution in [0.3, 0.4) is 0 Å². The highest BCUT2D eigenvalue weighted by Crippen LogP contribution is 2.13. The number of amides is 2. The number of nitrogens with zero attached hydrogens (tertiary/aromatic N) is 2. The van der Waals surface area contributed by atoms with E-state index in [1.54, 1.807) is 0 Å². The first-order chi connectivity index (χ1) is 10.0. The molecule has 1 saturated heterocycles. The van der Waals surface area contributed by atoms with Crippen molar-refractivity contribution in [3.05, 3.63) is 34.9 Å². The van der Waals surface area contributed by atoms with Gasteiger partial charge in [0.15, 0.2) is 0 Å². The van der Waals surface area contributed by atoms with Crippen LogP contribution in [0.25, 0.3) is 0 Å². The molecule has 114 valence electrons. The predicted molar refractivity (Wildman–Crippen MR) is 83.1 cm³/mol. The Morgan fingerprint density at radius 1 is 1.00 bits per heavy atom. The number of carbonyl (C=O) groups is 2. The Hall–Kier alpha value is -1.84. The average molecular weight is 288 g/mol. The Labute approximate surface area is 126 Å². The summed E-state index contributed by atoms with van der Waals surface area (Å²) in [6.07, 6.45) is 0.992. The minimum absolute atomic E-state index is 0.160. The van der Waals surface area contributed by atoms with Crippen LogP contribution < -0.4 is 0 Å². The molecular weight excluding hydrogens is 264 g/mol. The minimum atomic E-state index is 0.160. The smallest absolute Gasteiger partial charge is 0.227 e. The molecule has 2 amide bonds. The molecule has 1 aliphatic heterocycles. The van der Waals surface area contributed by atoms with Crippen LogP contribution in [0.5, 0.6) is 0 Å². The van der Waals surface area contributed by atoms with E-state index in [1.807, 2.05) is 30.6 Å². The molecule has 1 aromatic rings. The average Bonchev–Trinajstić information content (AvgIpc) is 2.50. The summed E-state index contributed by atoms with van der Waals surface area (Å²) >= 11 is 0. The number of hydrogen-bond acceptors (Lipinski definition) is 2. The van der Waals surface area contributed by atoms with Gasteiger partial charge in [-0.05, 0) is 25.0 Å². The van der Waals surface area contributed by atoms with Gasteiger partial charge in [-0.3, -0.25) is 9.59 Å². The van der Waals surface area contributed by atoms with Crippen LogP contribution in [-0.2, 0) is 16.0 Å². The van der Waals surface area contributed by atoms with Gasteiger partial charge in [-0.2, -0.15) is 0 Å². The van der Waals surface area contributed by atoms with Crippen LogP contribution in [0, 0.1) is 13.8 Å². The Kier molecular flexibility index (Phi) is 4.99. The van der Waals surface area contributed by atoms with Crippen LogP contribution >= 0.6 is 0 Å². The minimum Gasteiger partial charge on any atom is -0.339 e. The van der Waals surface area contributed by atoms with Gasteiger partial charge in [-0.15, -0.1) is 0 Å². The summed E-state index contributed by atoms with van der Waals surface area (Å²) in [5, 5.41) is 0. The molecule has 0 atom stereocenters. The van der Waals surface area contributed by atoms with E-state index in [0.29, 0.717) is 39.0 Å². The quantitative estimate of drug-likeness (QED) is 0.852. The highest BCUT2D eigenvalue weighted by Gasteiger charge is 2.23. The van der Waals surface area contributed by atoms with Crippen molar-refractivity contribution in [3.8, 4) is 0 Å². The summed E-state index contributed by atoms with van der Waals surface area (Å²) in [4.78, 5) is 27.8. The van der Waals surface area contributed by atoms with E-state index in [0.717, 1.165) is 11.1 Å². The maximum absolute atomic E-state index is 12.4. The standard InChI is InChI=1S/C17H24N2O2/c1-4-16(20)18-7-9-19(10-8-18)17(21)12-15-11-13(2)5-6-14(15)3/h5-6,11H,4,7-10,12H2,1-3H3. The molecule has 0 aliphatic carbocycles. The van der Waals surface area contributed by atoms with Crippen molar-refractivity contribution in [2.75, 3.05) is 26.2 Å². The second-order valence-electron chi connectivity index (χ2n) is 5.72. The topological polar surface area (TPSA) is 40.6 Å². The first kappa shape index (κ1) is 15.5. The summed E-state index contributed by atoms with van der Waals surface area (Å²) < 4.78 is 0. The lowest BCUT2D eigenvalue weighted by Crippen LogP contribution is -2.50. The number of piperazine rings is 1. The normalized spacial score (nSPS) is 15.2. The maximum atomic E-state index is 12.4. The van der Waals surface area contributed by atoms with Gasteiger partial charge in [0.1, 0.15) is 0 Å². The first-order valence-corrected chi connectivity index (χ1v) is 7.63. The van der Waals surface area contributed by atoms with Gasteiger partial charge in [0, 0.05) is 32.6 Å². The second kappa shape index (κ2) is 6.74. The van der Waals surface area contributed by atoms with Gasteiger partial charge < -0.3 is 9.80 Å². The zero-order valence-corrected chi connectivity index (χ0v) is 13.2. The third-order valence-corrected chi connectivity index (χ3v) is 4.13. The molecule has 0 saturated carbocycles. The second-order valence-corrected chi connectivity index (χ2v) is 5.72.